The van der Waals surface area contributed by atoms with Crippen molar-refractivity contribution < 1.29 is 14.3 Å². The Labute approximate surface area is 148 Å². The normalized spacial score (nSPS) is 10.3. The fraction of sp³-hybridized carbons (Fsp3) is 0.125. The molecular formula is C16H12Cl3NO3. The third-order valence-electron chi connectivity index (χ3n) is 2.98. The zero-order valence-electron chi connectivity index (χ0n) is 12.0. The largest absolute Gasteiger partial charge is 0.452 e. The van der Waals surface area contributed by atoms with E-state index in [2.05, 4.69) is 5.32 Å². The predicted molar refractivity (Wildman–Crippen MR) is 91.6 cm³/mol. The van der Waals surface area contributed by atoms with E-state index < -0.39 is 18.5 Å². The van der Waals surface area contributed by atoms with Gasteiger partial charge in [-0.2, -0.15) is 0 Å². The third kappa shape index (κ3) is 4.61. The van der Waals surface area contributed by atoms with Crippen LogP contribution in [0.15, 0.2) is 36.4 Å². The van der Waals surface area contributed by atoms with E-state index in [9.17, 15) is 9.59 Å². The maximum absolute atomic E-state index is 11.9. The maximum Gasteiger partial charge on any atom is 0.338 e. The highest BCUT2D eigenvalue weighted by Gasteiger charge is 2.14. The smallest absolute Gasteiger partial charge is 0.338 e. The van der Waals surface area contributed by atoms with E-state index in [1.54, 1.807) is 25.1 Å². The number of amides is 1. The minimum atomic E-state index is -0.571. The van der Waals surface area contributed by atoms with Crippen LogP contribution >= 0.6 is 34.8 Å². The van der Waals surface area contributed by atoms with Crippen molar-refractivity contribution in [3.05, 3.63) is 62.6 Å². The van der Waals surface area contributed by atoms with Crippen LogP contribution in [0.1, 0.15) is 15.9 Å². The fourth-order valence-electron chi connectivity index (χ4n) is 1.82. The van der Waals surface area contributed by atoms with Gasteiger partial charge in [0.25, 0.3) is 5.91 Å². The molecule has 0 aromatic heterocycles. The lowest BCUT2D eigenvalue weighted by atomic mass is 10.1. The van der Waals surface area contributed by atoms with Crippen molar-refractivity contribution in [2.24, 2.45) is 0 Å². The summed E-state index contributed by atoms with van der Waals surface area (Å²) in [5.41, 5.74) is 1.47. The van der Waals surface area contributed by atoms with Crippen molar-refractivity contribution in [1.82, 2.24) is 0 Å². The van der Waals surface area contributed by atoms with E-state index in [0.717, 1.165) is 5.56 Å². The molecule has 0 aliphatic heterocycles. The molecule has 0 spiro atoms. The number of esters is 1. The van der Waals surface area contributed by atoms with E-state index in [1.807, 2.05) is 6.07 Å². The molecule has 0 unspecified atom stereocenters. The topological polar surface area (TPSA) is 55.4 Å². The van der Waals surface area contributed by atoms with Gasteiger partial charge in [0.05, 0.1) is 26.3 Å². The predicted octanol–water partition coefficient (Wildman–Crippen LogP) is 4.75. The van der Waals surface area contributed by atoms with Gasteiger partial charge >= 0.3 is 5.97 Å². The van der Waals surface area contributed by atoms with Gasteiger partial charge in [0.2, 0.25) is 0 Å². The van der Waals surface area contributed by atoms with Crippen LogP contribution in [0.25, 0.3) is 0 Å². The van der Waals surface area contributed by atoms with Crippen LogP contribution < -0.4 is 5.32 Å². The summed E-state index contributed by atoms with van der Waals surface area (Å²) in [7, 11) is 0. The Morgan fingerprint density at radius 1 is 1.04 bits per heavy atom. The zero-order valence-corrected chi connectivity index (χ0v) is 14.3. The number of hydrogen-bond acceptors (Lipinski definition) is 3. The Morgan fingerprint density at radius 2 is 1.70 bits per heavy atom. The zero-order chi connectivity index (χ0) is 17.0. The summed E-state index contributed by atoms with van der Waals surface area (Å²) in [5.74, 6) is -1.11. The summed E-state index contributed by atoms with van der Waals surface area (Å²) < 4.78 is 4.98. The Morgan fingerprint density at radius 3 is 2.39 bits per heavy atom. The Hall–Kier alpha value is -1.75. The Bertz CT molecular complexity index is 762. The number of rotatable bonds is 4. The summed E-state index contributed by atoms with van der Waals surface area (Å²) >= 11 is 17.6. The number of aryl methyl sites for hydroxylation is 1. The lowest BCUT2D eigenvalue weighted by Crippen LogP contribution is -2.21. The summed E-state index contributed by atoms with van der Waals surface area (Å²) in [6, 6.07) is 9.79. The summed E-state index contributed by atoms with van der Waals surface area (Å²) in [5, 5.41) is 3.27. The summed E-state index contributed by atoms with van der Waals surface area (Å²) in [6.45, 7) is 1.34. The quantitative estimate of drug-likeness (QED) is 0.622. The van der Waals surface area contributed by atoms with E-state index in [1.165, 1.54) is 12.1 Å². The minimum Gasteiger partial charge on any atom is -0.452 e. The lowest BCUT2D eigenvalue weighted by molar-refractivity contribution is -0.119. The van der Waals surface area contributed by atoms with Gasteiger partial charge in [-0.15, -0.1) is 0 Å². The molecule has 7 heteroatoms. The number of halogens is 3. The molecule has 0 heterocycles. The van der Waals surface area contributed by atoms with Crippen LogP contribution in [-0.4, -0.2) is 18.5 Å². The van der Waals surface area contributed by atoms with Gasteiger partial charge in [-0.25, -0.2) is 4.79 Å². The third-order valence-corrected chi connectivity index (χ3v) is 4.02. The molecule has 2 rings (SSSR count). The molecule has 0 atom stereocenters. The lowest BCUT2D eigenvalue weighted by Gasteiger charge is -2.10. The number of anilines is 1. The highest BCUT2D eigenvalue weighted by Crippen LogP contribution is 2.32. The first-order valence-electron chi connectivity index (χ1n) is 6.55. The first kappa shape index (κ1) is 17.6. The molecule has 0 aliphatic rings. The van der Waals surface area contributed by atoms with Gasteiger partial charge in [-0.05, 0) is 30.7 Å². The fourth-order valence-corrected chi connectivity index (χ4v) is 2.41. The van der Waals surface area contributed by atoms with Crippen molar-refractivity contribution in [3.63, 3.8) is 0 Å². The number of nitrogens with one attached hydrogen (secondary N) is 1. The molecule has 2 aromatic carbocycles. The van der Waals surface area contributed by atoms with Crippen LogP contribution in [0.3, 0.4) is 0 Å². The van der Waals surface area contributed by atoms with Crippen molar-refractivity contribution in [2.45, 2.75) is 6.92 Å². The van der Waals surface area contributed by atoms with E-state index in [0.29, 0.717) is 5.56 Å². The standard InChI is InChI=1S/C16H12Cl3NO3/c1-9-4-2-3-5-10(9)16(22)23-8-15(21)20-14-7-12(18)11(17)6-13(14)19/h2-7H,8H2,1H3,(H,20,21). The second kappa shape index (κ2) is 7.68. The van der Waals surface area contributed by atoms with E-state index in [4.69, 9.17) is 39.5 Å². The number of hydrogen-bond donors (Lipinski definition) is 1. The number of benzene rings is 2. The van der Waals surface area contributed by atoms with Gasteiger partial charge in [0.15, 0.2) is 6.61 Å². The van der Waals surface area contributed by atoms with Gasteiger partial charge in [0, 0.05) is 0 Å². The SMILES string of the molecule is Cc1ccccc1C(=O)OCC(=O)Nc1cc(Cl)c(Cl)cc1Cl. The summed E-state index contributed by atoms with van der Waals surface area (Å²) in [6.07, 6.45) is 0. The highest BCUT2D eigenvalue weighted by atomic mass is 35.5. The molecule has 4 nitrogen and oxygen atoms in total. The van der Waals surface area contributed by atoms with Gasteiger partial charge < -0.3 is 10.1 Å². The van der Waals surface area contributed by atoms with Crippen molar-refractivity contribution in [1.29, 1.82) is 0 Å². The average molecular weight is 373 g/mol. The first-order valence-corrected chi connectivity index (χ1v) is 7.69. The highest BCUT2D eigenvalue weighted by molar-refractivity contribution is 6.44. The van der Waals surface area contributed by atoms with Crippen LogP contribution in [-0.2, 0) is 9.53 Å². The number of carbonyl (C=O) groups is 2. The number of carbonyl (C=O) groups excluding carboxylic acids is 2. The van der Waals surface area contributed by atoms with Crippen molar-refractivity contribution in [2.75, 3.05) is 11.9 Å². The molecule has 0 bridgehead atoms. The molecule has 0 aliphatic carbocycles. The van der Waals surface area contributed by atoms with Crippen molar-refractivity contribution >= 4 is 52.4 Å². The molecule has 2 aromatic rings. The van der Waals surface area contributed by atoms with Crippen LogP contribution in [0, 0.1) is 6.92 Å². The van der Waals surface area contributed by atoms with E-state index in [-0.39, 0.29) is 20.8 Å². The molecule has 1 N–H and O–H groups in total. The van der Waals surface area contributed by atoms with Crippen LogP contribution in [0.2, 0.25) is 15.1 Å². The molecule has 0 radical (unpaired) electrons. The monoisotopic (exact) mass is 371 g/mol. The summed E-state index contributed by atoms with van der Waals surface area (Å²) in [4.78, 5) is 23.8. The Kier molecular flexibility index (Phi) is 5.88. The van der Waals surface area contributed by atoms with E-state index >= 15 is 0 Å². The minimum absolute atomic E-state index is 0.234. The number of ether oxygens (including phenoxy) is 1. The Balaban J connectivity index is 1.97. The molecule has 23 heavy (non-hydrogen) atoms. The second-order valence-electron chi connectivity index (χ2n) is 4.69. The van der Waals surface area contributed by atoms with Gasteiger partial charge in [-0.1, -0.05) is 53.0 Å². The maximum atomic E-state index is 11.9. The molecule has 0 saturated heterocycles. The second-order valence-corrected chi connectivity index (χ2v) is 5.91. The molecular weight excluding hydrogens is 361 g/mol. The molecule has 0 fully saturated rings. The van der Waals surface area contributed by atoms with Gasteiger partial charge in [-0.3, -0.25) is 4.79 Å². The van der Waals surface area contributed by atoms with Crippen LogP contribution in [0.4, 0.5) is 5.69 Å². The average Bonchev–Trinajstić information content (AvgIpc) is 2.51. The molecule has 0 saturated carbocycles. The molecule has 120 valence electrons. The molecule has 1 amide bonds. The van der Waals surface area contributed by atoms with Gasteiger partial charge in [0.1, 0.15) is 0 Å². The van der Waals surface area contributed by atoms with Crippen LogP contribution in [0.5, 0.6) is 0 Å². The van der Waals surface area contributed by atoms with Crippen molar-refractivity contribution in [3.8, 4) is 0 Å². The first-order chi connectivity index (χ1) is 10.9.